The van der Waals surface area contributed by atoms with Crippen LogP contribution in [0.5, 0.6) is 0 Å². The van der Waals surface area contributed by atoms with Crippen LogP contribution >= 0.6 is 0 Å². The first-order chi connectivity index (χ1) is 9.81. The van der Waals surface area contributed by atoms with Crippen molar-refractivity contribution >= 4 is 5.91 Å². The average Bonchev–Trinajstić information content (AvgIpc) is 2.45. The van der Waals surface area contributed by atoms with Crippen molar-refractivity contribution in [3.63, 3.8) is 0 Å². The van der Waals surface area contributed by atoms with E-state index in [0.717, 1.165) is 38.8 Å². The van der Waals surface area contributed by atoms with Gasteiger partial charge in [0.1, 0.15) is 0 Å². The number of likely N-dealkylation sites (tertiary alicyclic amines) is 1. The van der Waals surface area contributed by atoms with E-state index < -0.39 is 0 Å². The van der Waals surface area contributed by atoms with Crippen molar-refractivity contribution in [2.75, 3.05) is 26.3 Å². The summed E-state index contributed by atoms with van der Waals surface area (Å²) in [5.74, 6) is 0.651. The van der Waals surface area contributed by atoms with E-state index >= 15 is 0 Å². The van der Waals surface area contributed by atoms with Gasteiger partial charge in [-0.15, -0.1) is 0 Å². The summed E-state index contributed by atoms with van der Waals surface area (Å²) < 4.78 is 5.55. The van der Waals surface area contributed by atoms with E-state index in [4.69, 9.17) is 9.84 Å². The van der Waals surface area contributed by atoms with Gasteiger partial charge in [0.2, 0.25) is 5.91 Å². The molecule has 0 unspecified atom stereocenters. The van der Waals surface area contributed by atoms with Crippen LogP contribution in [-0.4, -0.2) is 48.3 Å². The maximum Gasteiger partial charge on any atom is 0.225 e. The summed E-state index contributed by atoms with van der Waals surface area (Å²) in [5.41, 5.74) is 0. The lowest BCUT2D eigenvalue weighted by Gasteiger charge is -2.34. The predicted octanol–water partition coefficient (Wildman–Crippen LogP) is 2.35. The van der Waals surface area contributed by atoms with Crippen molar-refractivity contribution in [2.45, 2.75) is 63.9 Å². The quantitative estimate of drug-likeness (QED) is 0.861. The number of rotatable bonds is 4. The Balaban J connectivity index is 1.75. The van der Waals surface area contributed by atoms with Gasteiger partial charge in [-0.1, -0.05) is 32.1 Å². The Kier molecular flexibility index (Phi) is 6.80. The fourth-order valence-corrected chi connectivity index (χ4v) is 3.42. The van der Waals surface area contributed by atoms with Crippen molar-refractivity contribution in [3.05, 3.63) is 0 Å². The lowest BCUT2D eigenvalue weighted by atomic mass is 9.89. The molecule has 1 N–H and O–H groups in total. The van der Waals surface area contributed by atoms with Gasteiger partial charge in [0, 0.05) is 19.0 Å². The Bertz CT molecular complexity index is 279. The maximum atomic E-state index is 12.6. The van der Waals surface area contributed by atoms with Crippen LogP contribution in [0.4, 0.5) is 0 Å². The molecule has 1 amide bonds. The van der Waals surface area contributed by atoms with Crippen LogP contribution in [0.3, 0.4) is 0 Å². The molecule has 4 nitrogen and oxygen atoms in total. The molecule has 0 aromatic heterocycles. The van der Waals surface area contributed by atoms with Crippen LogP contribution in [0.15, 0.2) is 0 Å². The van der Waals surface area contributed by atoms with Gasteiger partial charge in [0.05, 0.1) is 19.3 Å². The van der Waals surface area contributed by atoms with E-state index in [0.29, 0.717) is 12.5 Å². The van der Waals surface area contributed by atoms with Crippen LogP contribution < -0.4 is 0 Å². The number of aliphatic hydroxyl groups excluding tert-OH is 1. The third-order valence-corrected chi connectivity index (χ3v) is 4.65. The van der Waals surface area contributed by atoms with E-state index in [1.54, 1.807) is 0 Å². The summed E-state index contributed by atoms with van der Waals surface area (Å²) in [4.78, 5) is 14.6. The van der Waals surface area contributed by atoms with Crippen molar-refractivity contribution < 1.29 is 14.6 Å². The molecule has 4 heteroatoms. The monoisotopic (exact) mass is 283 g/mol. The molecule has 0 aromatic rings. The molecule has 2 rings (SSSR count). The summed E-state index contributed by atoms with van der Waals surface area (Å²) in [7, 11) is 0. The standard InChI is InChI=1S/C16H29NO3/c18-12-13-20-15-8-10-17(11-9-15)16(19)14-6-4-2-1-3-5-7-14/h14-15,18H,1-13H2. The topological polar surface area (TPSA) is 49.8 Å². The van der Waals surface area contributed by atoms with Crippen molar-refractivity contribution in [3.8, 4) is 0 Å². The predicted molar refractivity (Wildman–Crippen MR) is 78.4 cm³/mol. The molecule has 2 aliphatic rings. The number of carbonyl (C=O) groups is 1. The molecule has 0 aromatic carbocycles. The smallest absolute Gasteiger partial charge is 0.225 e. The van der Waals surface area contributed by atoms with Gasteiger partial charge in [-0.3, -0.25) is 4.79 Å². The van der Waals surface area contributed by atoms with E-state index in [9.17, 15) is 4.79 Å². The number of amides is 1. The summed E-state index contributed by atoms with van der Waals surface area (Å²) in [6.07, 6.45) is 10.6. The first-order valence-electron chi connectivity index (χ1n) is 8.32. The molecule has 1 saturated carbocycles. The first-order valence-corrected chi connectivity index (χ1v) is 8.32. The minimum absolute atomic E-state index is 0.0845. The van der Waals surface area contributed by atoms with Gasteiger partial charge < -0.3 is 14.7 Å². The largest absolute Gasteiger partial charge is 0.394 e. The second-order valence-electron chi connectivity index (χ2n) is 6.16. The zero-order valence-electron chi connectivity index (χ0n) is 12.6. The van der Waals surface area contributed by atoms with Gasteiger partial charge in [0.25, 0.3) is 0 Å². The molecule has 1 heterocycles. The van der Waals surface area contributed by atoms with Gasteiger partial charge in [0.15, 0.2) is 0 Å². The fraction of sp³-hybridized carbons (Fsp3) is 0.938. The Morgan fingerprint density at radius 3 is 2.20 bits per heavy atom. The van der Waals surface area contributed by atoms with Gasteiger partial charge in [-0.05, 0) is 25.7 Å². The summed E-state index contributed by atoms with van der Waals surface area (Å²) in [6, 6.07) is 0. The van der Waals surface area contributed by atoms with E-state index in [2.05, 4.69) is 0 Å². The molecule has 2 fully saturated rings. The minimum atomic E-state index is 0.0845. The molecule has 1 aliphatic heterocycles. The molecule has 0 bridgehead atoms. The zero-order chi connectivity index (χ0) is 14.2. The lowest BCUT2D eigenvalue weighted by molar-refractivity contribution is -0.139. The molecule has 1 aliphatic carbocycles. The van der Waals surface area contributed by atoms with Crippen LogP contribution in [0.1, 0.15) is 57.8 Å². The first kappa shape index (κ1) is 15.8. The number of nitrogens with zero attached hydrogens (tertiary/aromatic N) is 1. The molecule has 116 valence electrons. The molecular formula is C16H29NO3. The molecule has 0 atom stereocenters. The van der Waals surface area contributed by atoms with Crippen molar-refractivity contribution in [2.24, 2.45) is 5.92 Å². The van der Waals surface area contributed by atoms with Crippen LogP contribution in [0, 0.1) is 5.92 Å². The fourth-order valence-electron chi connectivity index (χ4n) is 3.42. The Morgan fingerprint density at radius 1 is 1.00 bits per heavy atom. The Labute approximate surface area is 122 Å². The maximum absolute atomic E-state index is 12.6. The van der Waals surface area contributed by atoms with Crippen molar-refractivity contribution in [1.29, 1.82) is 0 Å². The highest BCUT2D eigenvalue weighted by Crippen LogP contribution is 2.25. The third-order valence-electron chi connectivity index (χ3n) is 4.65. The third kappa shape index (κ3) is 4.74. The van der Waals surface area contributed by atoms with Gasteiger partial charge in [-0.2, -0.15) is 0 Å². The van der Waals surface area contributed by atoms with Gasteiger partial charge in [-0.25, -0.2) is 0 Å². The van der Waals surface area contributed by atoms with Crippen LogP contribution in [-0.2, 0) is 9.53 Å². The normalized spacial score (nSPS) is 23.4. The highest BCUT2D eigenvalue weighted by molar-refractivity contribution is 5.78. The van der Waals surface area contributed by atoms with Crippen LogP contribution in [0.2, 0.25) is 0 Å². The van der Waals surface area contributed by atoms with E-state index in [1.165, 1.54) is 32.1 Å². The summed E-state index contributed by atoms with van der Waals surface area (Å²) >= 11 is 0. The van der Waals surface area contributed by atoms with Crippen molar-refractivity contribution in [1.82, 2.24) is 4.90 Å². The second-order valence-corrected chi connectivity index (χ2v) is 6.16. The summed E-state index contributed by atoms with van der Waals surface area (Å²) in [6.45, 7) is 2.15. The lowest BCUT2D eigenvalue weighted by Crippen LogP contribution is -2.44. The number of aliphatic hydroxyl groups is 1. The highest BCUT2D eigenvalue weighted by Gasteiger charge is 2.28. The number of carbonyl (C=O) groups excluding carboxylic acids is 1. The molecular weight excluding hydrogens is 254 g/mol. The number of hydrogen-bond donors (Lipinski definition) is 1. The Hall–Kier alpha value is -0.610. The van der Waals surface area contributed by atoms with E-state index in [1.807, 2.05) is 4.90 Å². The molecule has 0 radical (unpaired) electrons. The number of ether oxygens (including phenoxy) is 1. The summed E-state index contributed by atoms with van der Waals surface area (Å²) in [5, 5.41) is 8.77. The molecule has 0 spiro atoms. The SMILES string of the molecule is O=C(C1CCCCCCC1)N1CCC(OCCO)CC1. The molecule has 20 heavy (non-hydrogen) atoms. The Morgan fingerprint density at radius 2 is 1.60 bits per heavy atom. The number of piperidine rings is 1. The number of hydrogen-bond acceptors (Lipinski definition) is 3. The van der Waals surface area contributed by atoms with E-state index in [-0.39, 0.29) is 18.6 Å². The van der Waals surface area contributed by atoms with Crippen LogP contribution in [0.25, 0.3) is 0 Å². The zero-order valence-corrected chi connectivity index (χ0v) is 12.6. The highest BCUT2D eigenvalue weighted by atomic mass is 16.5. The second kappa shape index (κ2) is 8.63. The average molecular weight is 283 g/mol. The minimum Gasteiger partial charge on any atom is -0.394 e. The molecule has 1 saturated heterocycles. The van der Waals surface area contributed by atoms with Gasteiger partial charge >= 0.3 is 0 Å².